The summed E-state index contributed by atoms with van der Waals surface area (Å²) in [6.45, 7) is 8.83. The Bertz CT molecular complexity index is 659. The van der Waals surface area contributed by atoms with E-state index in [1.807, 2.05) is 13.8 Å². The lowest BCUT2D eigenvalue weighted by Crippen LogP contribution is -2.46. The number of esters is 1. The van der Waals surface area contributed by atoms with Crippen molar-refractivity contribution in [3.8, 4) is 0 Å². The third-order valence-corrected chi connectivity index (χ3v) is 3.93. The SMILES string of the molecule is Cc1cc(C(=O)O[C@H](C)C(=O)NC(=O)NC(C)C)c(C)n1C1CC1. The number of hydrogen-bond acceptors (Lipinski definition) is 4. The number of carbonyl (C=O) groups is 3. The van der Waals surface area contributed by atoms with Gasteiger partial charge in [-0.3, -0.25) is 10.1 Å². The van der Waals surface area contributed by atoms with Crippen molar-refractivity contribution in [1.82, 2.24) is 15.2 Å². The largest absolute Gasteiger partial charge is 0.449 e. The van der Waals surface area contributed by atoms with E-state index in [-0.39, 0.29) is 6.04 Å². The number of hydrogen-bond donors (Lipinski definition) is 2. The quantitative estimate of drug-likeness (QED) is 0.808. The molecular formula is C17H25N3O4. The zero-order valence-electron chi connectivity index (χ0n) is 14.8. The van der Waals surface area contributed by atoms with Crippen LogP contribution in [0.2, 0.25) is 0 Å². The standard InChI is InChI=1S/C17H25N3O4/c1-9(2)18-17(23)19-15(21)12(5)24-16(22)14-8-10(3)20(11(14)4)13-6-7-13/h8-9,12-13H,6-7H2,1-5H3,(H2,18,19,21,23)/t12-/m1/s1. The molecule has 0 aromatic carbocycles. The van der Waals surface area contributed by atoms with E-state index >= 15 is 0 Å². The van der Waals surface area contributed by atoms with Gasteiger partial charge in [0.2, 0.25) is 0 Å². The first-order chi connectivity index (χ1) is 11.2. The number of ether oxygens (including phenoxy) is 1. The molecule has 3 amide bonds. The first kappa shape index (κ1) is 18.0. The maximum atomic E-state index is 12.3. The van der Waals surface area contributed by atoms with Crippen molar-refractivity contribution in [2.75, 3.05) is 0 Å². The number of aromatic nitrogens is 1. The van der Waals surface area contributed by atoms with Crippen molar-refractivity contribution in [2.45, 2.75) is 65.6 Å². The summed E-state index contributed by atoms with van der Waals surface area (Å²) < 4.78 is 7.35. The van der Waals surface area contributed by atoms with Crippen molar-refractivity contribution in [3.63, 3.8) is 0 Å². The Morgan fingerprint density at radius 3 is 2.38 bits per heavy atom. The van der Waals surface area contributed by atoms with E-state index in [1.54, 1.807) is 19.9 Å². The van der Waals surface area contributed by atoms with Gasteiger partial charge < -0.3 is 14.6 Å². The topological polar surface area (TPSA) is 89.4 Å². The lowest BCUT2D eigenvalue weighted by Gasteiger charge is -2.14. The fourth-order valence-corrected chi connectivity index (χ4v) is 2.67. The fourth-order valence-electron chi connectivity index (χ4n) is 2.67. The maximum absolute atomic E-state index is 12.3. The number of urea groups is 1. The first-order valence-corrected chi connectivity index (χ1v) is 8.21. The van der Waals surface area contributed by atoms with Gasteiger partial charge in [-0.1, -0.05) is 0 Å². The van der Waals surface area contributed by atoms with Crippen LogP contribution in [0.3, 0.4) is 0 Å². The molecule has 1 aliphatic rings. The highest BCUT2D eigenvalue weighted by atomic mass is 16.5. The number of nitrogens with one attached hydrogen (secondary N) is 2. The fraction of sp³-hybridized carbons (Fsp3) is 0.588. The maximum Gasteiger partial charge on any atom is 0.340 e. The molecule has 0 radical (unpaired) electrons. The molecule has 0 aliphatic heterocycles. The predicted molar refractivity (Wildman–Crippen MR) is 88.9 cm³/mol. The van der Waals surface area contributed by atoms with Crippen LogP contribution in [0.5, 0.6) is 0 Å². The predicted octanol–water partition coefficient (Wildman–Crippen LogP) is 2.22. The summed E-state index contributed by atoms with van der Waals surface area (Å²) in [4.78, 5) is 35.8. The molecule has 1 fully saturated rings. The Labute approximate surface area is 141 Å². The second-order valence-electron chi connectivity index (χ2n) is 6.55. The number of nitrogens with zero attached hydrogens (tertiary/aromatic N) is 1. The van der Waals surface area contributed by atoms with Gasteiger partial charge >= 0.3 is 12.0 Å². The highest BCUT2D eigenvalue weighted by Gasteiger charge is 2.30. The minimum absolute atomic E-state index is 0.0940. The van der Waals surface area contributed by atoms with Gasteiger partial charge in [0.05, 0.1) is 5.56 Å². The molecule has 0 saturated heterocycles. The first-order valence-electron chi connectivity index (χ1n) is 8.21. The second-order valence-corrected chi connectivity index (χ2v) is 6.55. The van der Waals surface area contributed by atoms with E-state index in [4.69, 9.17) is 4.74 Å². The molecule has 0 bridgehead atoms. The van der Waals surface area contributed by atoms with Crippen LogP contribution in [0.15, 0.2) is 6.07 Å². The van der Waals surface area contributed by atoms with Crippen molar-refractivity contribution in [2.24, 2.45) is 0 Å². The number of rotatable bonds is 5. The smallest absolute Gasteiger partial charge is 0.340 e. The molecule has 1 atom stereocenters. The van der Waals surface area contributed by atoms with Gasteiger partial charge in [-0.25, -0.2) is 9.59 Å². The molecule has 0 spiro atoms. The Morgan fingerprint density at radius 1 is 1.21 bits per heavy atom. The summed E-state index contributed by atoms with van der Waals surface area (Å²) in [7, 11) is 0. The normalized spacial score (nSPS) is 15.1. The molecule has 1 saturated carbocycles. The highest BCUT2D eigenvalue weighted by Crippen LogP contribution is 2.38. The minimum atomic E-state index is -1.06. The van der Waals surface area contributed by atoms with E-state index in [0.29, 0.717) is 11.6 Å². The van der Waals surface area contributed by atoms with Crippen molar-refractivity contribution in [3.05, 3.63) is 23.0 Å². The third-order valence-electron chi connectivity index (χ3n) is 3.93. The Balaban J connectivity index is 1.97. The van der Waals surface area contributed by atoms with Crippen LogP contribution >= 0.6 is 0 Å². The summed E-state index contributed by atoms with van der Waals surface area (Å²) in [5, 5.41) is 4.69. The zero-order valence-corrected chi connectivity index (χ0v) is 14.8. The van der Waals surface area contributed by atoms with Crippen LogP contribution in [-0.2, 0) is 9.53 Å². The molecule has 132 valence electrons. The number of amides is 3. The number of aryl methyl sites for hydroxylation is 1. The van der Waals surface area contributed by atoms with E-state index < -0.39 is 24.0 Å². The van der Waals surface area contributed by atoms with Gasteiger partial charge in [-0.15, -0.1) is 0 Å². The molecule has 1 aromatic heterocycles. The van der Waals surface area contributed by atoms with Crippen LogP contribution in [0, 0.1) is 13.8 Å². The molecule has 0 unspecified atom stereocenters. The number of imide groups is 1. The van der Waals surface area contributed by atoms with Gasteiger partial charge in [-0.05, 0) is 53.5 Å². The van der Waals surface area contributed by atoms with E-state index in [2.05, 4.69) is 15.2 Å². The molecule has 7 heteroatoms. The van der Waals surface area contributed by atoms with Crippen LogP contribution in [0.25, 0.3) is 0 Å². The summed E-state index contributed by atoms with van der Waals surface area (Å²) in [6.07, 6.45) is 1.18. The monoisotopic (exact) mass is 335 g/mol. The number of carbonyl (C=O) groups excluding carboxylic acids is 3. The Morgan fingerprint density at radius 2 is 1.83 bits per heavy atom. The van der Waals surface area contributed by atoms with Crippen LogP contribution in [0.1, 0.15) is 61.4 Å². The molecule has 1 aliphatic carbocycles. The van der Waals surface area contributed by atoms with E-state index in [0.717, 1.165) is 24.2 Å². The zero-order chi connectivity index (χ0) is 18.0. The summed E-state index contributed by atoms with van der Waals surface area (Å²) >= 11 is 0. The third kappa shape index (κ3) is 4.15. The van der Waals surface area contributed by atoms with Gasteiger partial charge in [0.25, 0.3) is 5.91 Å². The van der Waals surface area contributed by atoms with Gasteiger partial charge in [0.1, 0.15) is 0 Å². The second kappa shape index (κ2) is 7.07. The molecule has 7 nitrogen and oxygen atoms in total. The lowest BCUT2D eigenvalue weighted by atomic mass is 10.2. The molecule has 1 heterocycles. The van der Waals surface area contributed by atoms with Gasteiger partial charge in [0, 0.05) is 23.5 Å². The molecule has 24 heavy (non-hydrogen) atoms. The van der Waals surface area contributed by atoms with Gasteiger partial charge in [-0.2, -0.15) is 0 Å². The van der Waals surface area contributed by atoms with Crippen molar-refractivity contribution < 1.29 is 19.1 Å². The van der Waals surface area contributed by atoms with E-state index in [9.17, 15) is 14.4 Å². The lowest BCUT2D eigenvalue weighted by molar-refractivity contribution is -0.127. The van der Waals surface area contributed by atoms with Crippen LogP contribution < -0.4 is 10.6 Å². The molecule has 2 rings (SSSR count). The molecular weight excluding hydrogens is 310 g/mol. The highest BCUT2D eigenvalue weighted by molar-refractivity contribution is 5.98. The Hall–Kier alpha value is -2.31. The van der Waals surface area contributed by atoms with Crippen LogP contribution in [0.4, 0.5) is 4.79 Å². The summed E-state index contributed by atoms with van der Waals surface area (Å²) in [5.41, 5.74) is 2.33. The average Bonchev–Trinajstić information content (AvgIpc) is 3.23. The summed E-state index contributed by atoms with van der Waals surface area (Å²) in [6, 6.07) is 1.55. The Kier molecular flexibility index (Phi) is 5.31. The summed E-state index contributed by atoms with van der Waals surface area (Å²) in [5.74, 6) is -1.21. The molecule has 1 aromatic rings. The van der Waals surface area contributed by atoms with E-state index in [1.165, 1.54) is 6.92 Å². The van der Waals surface area contributed by atoms with Crippen LogP contribution in [-0.4, -0.2) is 34.6 Å². The van der Waals surface area contributed by atoms with Crippen molar-refractivity contribution in [1.29, 1.82) is 0 Å². The average molecular weight is 335 g/mol. The minimum Gasteiger partial charge on any atom is -0.449 e. The van der Waals surface area contributed by atoms with Gasteiger partial charge in [0.15, 0.2) is 6.10 Å². The molecule has 2 N–H and O–H groups in total. The van der Waals surface area contributed by atoms with Crippen molar-refractivity contribution >= 4 is 17.9 Å².